The monoisotopic (exact) mass is 450 g/mol. The third-order valence-corrected chi connectivity index (χ3v) is 6.70. The summed E-state index contributed by atoms with van der Waals surface area (Å²) in [7, 11) is 0. The van der Waals surface area contributed by atoms with Gasteiger partial charge in [-0.25, -0.2) is 0 Å². The molecule has 4 rings (SSSR count). The van der Waals surface area contributed by atoms with Crippen LogP contribution >= 0.6 is 11.8 Å². The van der Waals surface area contributed by atoms with Gasteiger partial charge in [0.25, 0.3) is 0 Å². The van der Waals surface area contributed by atoms with Crippen molar-refractivity contribution in [3.8, 4) is 11.4 Å². The minimum Gasteiger partial charge on any atom is -0.355 e. The van der Waals surface area contributed by atoms with Crippen molar-refractivity contribution >= 4 is 17.7 Å². The molecule has 168 valence electrons. The molecule has 1 aromatic heterocycles. The molecule has 0 radical (unpaired) electrons. The molecule has 1 aliphatic rings. The zero-order chi connectivity index (χ0) is 22.2. The van der Waals surface area contributed by atoms with Crippen LogP contribution in [0.5, 0.6) is 0 Å². The van der Waals surface area contributed by atoms with Crippen molar-refractivity contribution in [3.05, 3.63) is 71.6 Å². The molecular weight excluding hydrogens is 420 g/mol. The Morgan fingerprint density at radius 1 is 1.19 bits per heavy atom. The van der Waals surface area contributed by atoms with Crippen LogP contribution in [-0.4, -0.2) is 46.3 Å². The van der Waals surface area contributed by atoms with E-state index in [9.17, 15) is 4.79 Å². The highest BCUT2D eigenvalue weighted by Crippen LogP contribution is 2.21. The Balaban J connectivity index is 1.20. The fraction of sp³-hybridized carbons (Fsp3) is 0.400. The van der Waals surface area contributed by atoms with E-state index < -0.39 is 0 Å². The van der Waals surface area contributed by atoms with E-state index in [1.54, 1.807) is 0 Å². The van der Waals surface area contributed by atoms with E-state index in [-0.39, 0.29) is 11.8 Å². The number of amides is 1. The molecule has 2 heterocycles. The van der Waals surface area contributed by atoms with Crippen LogP contribution in [0.25, 0.3) is 11.4 Å². The predicted octanol–water partition coefficient (Wildman–Crippen LogP) is 4.31. The molecule has 0 spiro atoms. The lowest BCUT2D eigenvalue weighted by Crippen LogP contribution is -2.43. The van der Waals surface area contributed by atoms with Crippen molar-refractivity contribution in [3.63, 3.8) is 0 Å². The Bertz CT molecular complexity index is 991. The highest BCUT2D eigenvalue weighted by molar-refractivity contribution is 7.98. The first-order valence-corrected chi connectivity index (χ1v) is 12.3. The standard InChI is InChI=1S/C25H30N4O2S/c1-19-9-11-21(12-10-19)24-27-23(31-28-24)17-29-14-5-8-22(16-29)25(30)26-13-15-32-18-20-6-3-2-4-7-20/h2-4,6-7,9-12,22H,5,8,13-18H2,1H3,(H,26,30). The first-order chi connectivity index (χ1) is 15.7. The summed E-state index contributed by atoms with van der Waals surface area (Å²) in [6.07, 6.45) is 1.93. The van der Waals surface area contributed by atoms with Crippen molar-refractivity contribution < 1.29 is 9.32 Å². The number of aryl methyl sites for hydroxylation is 1. The smallest absolute Gasteiger partial charge is 0.241 e. The summed E-state index contributed by atoms with van der Waals surface area (Å²) in [5.41, 5.74) is 3.47. The van der Waals surface area contributed by atoms with Gasteiger partial charge in [-0.2, -0.15) is 16.7 Å². The normalized spacial score (nSPS) is 16.7. The fourth-order valence-electron chi connectivity index (χ4n) is 3.90. The quantitative estimate of drug-likeness (QED) is 0.490. The minimum absolute atomic E-state index is 0.0161. The van der Waals surface area contributed by atoms with Gasteiger partial charge in [-0.15, -0.1) is 0 Å². The number of rotatable bonds is 9. The number of aromatic nitrogens is 2. The summed E-state index contributed by atoms with van der Waals surface area (Å²) < 4.78 is 5.47. The van der Waals surface area contributed by atoms with Gasteiger partial charge < -0.3 is 9.84 Å². The van der Waals surface area contributed by atoms with Gasteiger partial charge in [0.05, 0.1) is 12.5 Å². The molecule has 1 saturated heterocycles. The van der Waals surface area contributed by atoms with Gasteiger partial charge in [-0.05, 0) is 31.9 Å². The summed E-state index contributed by atoms with van der Waals surface area (Å²) in [6, 6.07) is 18.5. The number of nitrogens with zero attached hydrogens (tertiary/aromatic N) is 3. The molecule has 1 N–H and O–H groups in total. The van der Waals surface area contributed by atoms with E-state index in [0.717, 1.165) is 43.0 Å². The van der Waals surface area contributed by atoms with E-state index in [2.05, 4.69) is 51.5 Å². The molecule has 0 aliphatic carbocycles. The van der Waals surface area contributed by atoms with E-state index in [1.807, 2.05) is 42.1 Å². The molecule has 1 atom stereocenters. The lowest BCUT2D eigenvalue weighted by molar-refractivity contribution is -0.126. The number of hydrogen-bond donors (Lipinski definition) is 1. The zero-order valence-electron chi connectivity index (χ0n) is 18.5. The molecule has 0 saturated carbocycles. The second-order valence-corrected chi connectivity index (χ2v) is 9.39. The van der Waals surface area contributed by atoms with Crippen LogP contribution in [0.3, 0.4) is 0 Å². The second-order valence-electron chi connectivity index (χ2n) is 8.28. The van der Waals surface area contributed by atoms with Gasteiger partial charge in [0.15, 0.2) is 0 Å². The predicted molar refractivity (Wildman–Crippen MR) is 128 cm³/mol. The van der Waals surface area contributed by atoms with Crippen molar-refractivity contribution in [2.24, 2.45) is 5.92 Å². The van der Waals surface area contributed by atoms with Gasteiger partial charge in [-0.1, -0.05) is 65.3 Å². The average Bonchev–Trinajstić information content (AvgIpc) is 3.28. The summed E-state index contributed by atoms with van der Waals surface area (Å²) in [4.78, 5) is 19.4. The van der Waals surface area contributed by atoms with Crippen LogP contribution in [0.15, 0.2) is 59.1 Å². The number of carbonyl (C=O) groups excluding carboxylic acids is 1. The highest BCUT2D eigenvalue weighted by Gasteiger charge is 2.26. The molecule has 1 amide bonds. The second kappa shape index (κ2) is 11.3. The molecule has 1 unspecified atom stereocenters. The number of carbonyl (C=O) groups is 1. The Labute approximate surface area is 193 Å². The van der Waals surface area contributed by atoms with Crippen molar-refractivity contribution in [2.75, 3.05) is 25.4 Å². The average molecular weight is 451 g/mol. The maximum absolute atomic E-state index is 12.6. The van der Waals surface area contributed by atoms with E-state index in [1.165, 1.54) is 11.1 Å². The summed E-state index contributed by atoms with van der Waals surface area (Å²) in [5, 5.41) is 7.24. The molecule has 3 aromatic rings. The summed E-state index contributed by atoms with van der Waals surface area (Å²) in [6.45, 7) is 5.01. The Morgan fingerprint density at radius 2 is 2.00 bits per heavy atom. The van der Waals surface area contributed by atoms with E-state index in [0.29, 0.717) is 24.8 Å². The van der Waals surface area contributed by atoms with Gasteiger partial charge in [0.1, 0.15) is 0 Å². The van der Waals surface area contributed by atoms with Crippen molar-refractivity contribution in [2.45, 2.75) is 32.1 Å². The summed E-state index contributed by atoms with van der Waals surface area (Å²) in [5.74, 6) is 3.27. The van der Waals surface area contributed by atoms with Crippen LogP contribution in [0.1, 0.15) is 29.9 Å². The maximum atomic E-state index is 12.6. The Kier molecular flexibility index (Phi) is 7.96. The molecular formula is C25H30N4O2S. The Morgan fingerprint density at radius 3 is 2.81 bits per heavy atom. The lowest BCUT2D eigenvalue weighted by Gasteiger charge is -2.30. The topological polar surface area (TPSA) is 71.3 Å². The van der Waals surface area contributed by atoms with Gasteiger partial charge in [0.2, 0.25) is 17.6 Å². The lowest BCUT2D eigenvalue weighted by atomic mass is 9.97. The molecule has 1 fully saturated rings. The van der Waals surface area contributed by atoms with Crippen LogP contribution in [-0.2, 0) is 17.1 Å². The minimum atomic E-state index is 0.0161. The molecule has 6 nitrogen and oxygen atoms in total. The number of piperidine rings is 1. The van der Waals surface area contributed by atoms with Crippen LogP contribution in [0, 0.1) is 12.8 Å². The first kappa shape index (κ1) is 22.6. The first-order valence-electron chi connectivity index (χ1n) is 11.2. The van der Waals surface area contributed by atoms with Crippen LogP contribution < -0.4 is 5.32 Å². The van der Waals surface area contributed by atoms with Crippen molar-refractivity contribution in [1.29, 1.82) is 0 Å². The maximum Gasteiger partial charge on any atom is 0.241 e. The number of thioether (sulfide) groups is 1. The molecule has 1 aliphatic heterocycles. The third-order valence-electron chi connectivity index (χ3n) is 5.67. The molecule has 7 heteroatoms. The Hall–Kier alpha value is -2.64. The summed E-state index contributed by atoms with van der Waals surface area (Å²) >= 11 is 1.85. The van der Waals surface area contributed by atoms with E-state index >= 15 is 0 Å². The SMILES string of the molecule is Cc1ccc(-c2noc(CN3CCCC(C(=O)NCCSCc4ccccc4)C3)n2)cc1. The van der Waals surface area contributed by atoms with Crippen LogP contribution in [0.4, 0.5) is 0 Å². The molecule has 2 aromatic carbocycles. The highest BCUT2D eigenvalue weighted by atomic mass is 32.2. The van der Waals surface area contributed by atoms with Gasteiger partial charge >= 0.3 is 0 Å². The number of nitrogens with one attached hydrogen (secondary N) is 1. The van der Waals surface area contributed by atoms with Gasteiger partial charge in [-0.3, -0.25) is 9.69 Å². The number of hydrogen-bond acceptors (Lipinski definition) is 6. The number of benzene rings is 2. The van der Waals surface area contributed by atoms with Crippen molar-refractivity contribution in [1.82, 2.24) is 20.4 Å². The fourth-order valence-corrected chi connectivity index (χ4v) is 4.72. The van der Waals surface area contributed by atoms with E-state index in [4.69, 9.17) is 4.52 Å². The largest absolute Gasteiger partial charge is 0.355 e. The number of likely N-dealkylation sites (tertiary alicyclic amines) is 1. The van der Waals surface area contributed by atoms with Gasteiger partial charge in [0, 0.05) is 30.2 Å². The third kappa shape index (κ3) is 6.43. The molecule has 32 heavy (non-hydrogen) atoms. The molecule has 0 bridgehead atoms. The zero-order valence-corrected chi connectivity index (χ0v) is 19.3. The van der Waals surface area contributed by atoms with Crippen LogP contribution in [0.2, 0.25) is 0 Å².